The van der Waals surface area contributed by atoms with Crippen molar-refractivity contribution in [1.29, 1.82) is 0 Å². The Bertz CT molecular complexity index is 149. The fraction of sp³-hybridized carbons (Fsp3) is 0.889. The van der Waals surface area contributed by atoms with Crippen LogP contribution in [0.3, 0.4) is 0 Å². The zero-order chi connectivity index (χ0) is 9.78. The first kappa shape index (κ1) is 11.6. The van der Waals surface area contributed by atoms with Crippen LogP contribution in [0.5, 0.6) is 0 Å². The van der Waals surface area contributed by atoms with Gasteiger partial charge in [-0.1, -0.05) is 20.8 Å². The van der Waals surface area contributed by atoms with E-state index in [4.69, 9.17) is 10.5 Å². The van der Waals surface area contributed by atoms with Crippen molar-refractivity contribution in [2.75, 3.05) is 13.7 Å². The summed E-state index contributed by atoms with van der Waals surface area (Å²) in [5, 5.41) is 0. The fourth-order valence-corrected chi connectivity index (χ4v) is 0.932. The molecular weight excluding hydrogens is 154 g/mol. The van der Waals surface area contributed by atoms with Crippen molar-refractivity contribution >= 4 is 5.78 Å². The predicted molar refractivity (Wildman–Crippen MR) is 48.9 cm³/mol. The molecule has 12 heavy (non-hydrogen) atoms. The van der Waals surface area contributed by atoms with Gasteiger partial charge >= 0.3 is 0 Å². The Hall–Kier alpha value is -0.410. The second-order valence-corrected chi connectivity index (χ2v) is 4.00. The zero-order valence-electron chi connectivity index (χ0n) is 8.39. The molecule has 0 saturated carbocycles. The number of methoxy groups -OCH3 is 1. The molecule has 0 spiro atoms. The molecule has 0 aliphatic carbocycles. The lowest BCUT2D eigenvalue weighted by atomic mass is 9.86. The number of carbonyl (C=O) groups is 1. The molecule has 0 amide bonds. The molecule has 0 aromatic carbocycles. The van der Waals surface area contributed by atoms with Crippen molar-refractivity contribution in [3.05, 3.63) is 0 Å². The average molecular weight is 173 g/mol. The van der Waals surface area contributed by atoms with Gasteiger partial charge in [-0.3, -0.25) is 4.79 Å². The number of ether oxygens (including phenoxy) is 1. The molecule has 0 radical (unpaired) electrons. The number of nitrogens with two attached hydrogens (primary N) is 1. The number of hydrogen-bond acceptors (Lipinski definition) is 3. The summed E-state index contributed by atoms with van der Waals surface area (Å²) < 4.78 is 4.84. The lowest BCUT2D eigenvalue weighted by Gasteiger charge is -2.21. The van der Waals surface area contributed by atoms with Crippen molar-refractivity contribution in [2.24, 2.45) is 11.1 Å². The molecule has 0 aliphatic rings. The molecule has 0 bridgehead atoms. The number of carbonyl (C=O) groups excluding carboxylic acids is 1. The molecule has 3 nitrogen and oxygen atoms in total. The van der Waals surface area contributed by atoms with Gasteiger partial charge in [-0.2, -0.15) is 0 Å². The summed E-state index contributed by atoms with van der Waals surface area (Å²) >= 11 is 0. The molecule has 72 valence electrons. The highest BCUT2D eigenvalue weighted by Crippen LogP contribution is 2.16. The number of Topliss-reactive ketones (excluding diaryl/α,β-unsaturated/α-hetero) is 1. The summed E-state index contributed by atoms with van der Waals surface area (Å²) in [5.74, 6) is 0.0968. The minimum atomic E-state index is -0.384. The SMILES string of the molecule is COCCC(N)C(=O)C(C)(C)C. The molecule has 2 N–H and O–H groups in total. The van der Waals surface area contributed by atoms with Crippen LogP contribution in [0.1, 0.15) is 27.2 Å². The van der Waals surface area contributed by atoms with Gasteiger partial charge in [0.25, 0.3) is 0 Å². The monoisotopic (exact) mass is 173 g/mol. The van der Waals surface area contributed by atoms with Crippen LogP contribution >= 0.6 is 0 Å². The highest BCUT2D eigenvalue weighted by Gasteiger charge is 2.26. The average Bonchev–Trinajstić information content (AvgIpc) is 1.97. The van der Waals surface area contributed by atoms with E-state index < -0.39 is 0 Å². The second-order valence-electron chi connectivity index (χ2n) is 4.00. The highest BCUT2D eigenvalue weighted by molar-refractivity contribution is 5.88. The van der Waals surface area contributed by atoms with Crippen LogP contribution in [0.4, 0.5) is 0 Å². The van der Waals surface area contributed by atoms with E-state index in [9.17, 15) is 4.79 Å². The van der Waals surface area contributed by atoms with Crippen LogP contribution < -0.4 is 5.73 Å². The number of rotatable bonds is 4. The number of ketones is 1. The standard InChI is InChI=1S/C9H19NO2/c1-9(2,3)8(11)7(10)5-6-12-4/h7H,5-6,10H2,1-4H3. The van der Waals surface area contributed by atoms with Crippen molar-refractivity contribution < 1.29 is 9.53 Å². The molecule has 0 aromatic rings. The molecule has 0 aromatic heterocycles. The molecular formula is C9H19NO2. The van der Waals surface area contributed by atoms with E-state index >= 15 is 0 Å². The van der Waals surface area contributed by atoms with Gasteiger partial charge in [0.2, 0.25) is 0 Å². The van der Waals surface area contributed by atoms with Crippen molar-refractivity contribution in [3.63, 3.8) is 0 Å². The summed E-state index contributed by atoms with van der Waals surface area (Å²) in [6.45, 7) is 6.18. The molecule has 0 heterocycles. The largest absolute Gasteiger partial charge is 0.385 e. The van der Waals surface area contributed by atoms with Crippen LogP contribution in [0.2, 0.25) is 0 Å². The van der Waals surface area contributed by atoms with E-state index in [0.717, 1.165) is 0 Å². The highest BCUT2D eigenvalue weighted by atomic mass is 16.5. The van der Waals surface area contributed by atoms with Gasteiger partial charge in [0, 0.05) is 19.1 Å². The minimum Gasteiger partial charge on any atom is -0.385 e. The van der Waals surface area contributed by atoms with Gasteiger partial charge in [0.15, 0.2) is 5.78 Å². The van der Waals surface area contributed by atoms with Gasteiger partial charge in [-0.15, -0.1) is 0 Å². The van der Waals surface area contributed by atoms with E-state index in [0.29, 0.717) is 13.0 Å². The van der Waals surface area contributed by atoms with Crippen molar-refractivity contribution in [1.82, 2.24) is 0 Å². The first-order chi connectivity index (χ1) is 5.39. The topological polar surface area (TPSA) is 52.3 Å². The molecule has 1 atom stereocenters. The van der Waals surface area contributed by atoms with Gasteiger partial charge < -0.3 is 10.5 Å². The van der Waals surface area contributed by atoms with Gasteiger partial charge in [-0.25, -0.2) is 0 Å². The Kier molecular flexibility index (Phi) is 4.42. The number of hydrogen-bond donors (Lipinski definition) is 1. The first-order valence-corrected chi connectivity index (χ1v) is 4.18. The molecule has 1 unspecified atom stereocenters. The molecule has 0 saturated heterocycles. The quantitative estimate of drug-likeness (QED) is 0.689. The van der Waals surface area contributed by atoms with Crippen LogP contribution in [0.15, 0.2) is 0 Å². The van der Waals surface area contributed by atoms with E-state index in [1.54, 1.807) is 7.11 Å². The van der Waals surface area contributed by atoms with E-state index in [-0.39, 0.29) is 17.2 Å². The normalized spacial score (nSPS) is 14.4. The van der Waals surface area contributed by atoms with E-state index in [2.05, 4.69) is 0 Å². The lowest BCUT2D eigenvalue weighted by molar-refractivity contribution is -0.128. The van der Waals surface area contributed by atoms with Crippen molar-refractivity contribution in [2.45, 2.75) is 33.2 Å². The fourth-order valence-electron chi connectivity index (χ4n) is 0.932. The third-order valence-corrected chi connectivity index (χ3v) is 1.71. The van der Waals surface area contributed by atoms with Crippen LogP contribution in [0.25, 0.3) is 0 Å². The van der Waals surface area contributed by atoms with Crippen LogP contribution in [0, 0.1) is 5.41 Å². The Labute approximate surface area is 74.3 Å². The maximum atomic E-state index is 11.5. The summed E-state index contributed by atoms with van der Waals surface area (Å²) in [5.41, 5.74) is 5.32. The van der Waals surface area contributed by atoms with E-state index in [1.807, 2.05) is 20.8 Å². The molecule has 3 heteroatoms. The smallest absolute Gasteiger partial charge is 0.154 e. The summed E-state index contributed by atoms with van der Waals surface area (Å²) in [7, 11) is 1.61. The predicted octanol–water partition coefficient (Wildman–Crippen LogP) is 0.965. The summed E-state index contributed by atoms with van der Waals surface area (Å²) in [4.78, 5) is 11.5. The third kappa shape index (κ3) is 3.83. The minimum absolute atomic E-state index is 0.0968. The van der Waals surface area contributed by atoms with Crippen molar-refractivity contribution in [3.8, 4) is 0 Å². The third-order valence-electron chi connectivity index (χ3n) is 1.71. The zero-order valence-corrected chi connectivity index (χ0v) is 8.39. The maximum Gasteiger partial charge on any atom is 0.154 e. The Morgan fingerprint density at radius 2 is 2.00 bits per heavy atom. The molecule has 0 rings (SSSR count). The first-order valence-electron chi connectivity index (χ1n) is 4.18. The summed E-state index contributed by atoms with van der Waals surface area (Å²) in [6.07, 6.45) is 0.604. The molecule has 0 aliphatic heterocycles. The lowest BCUT2D eigenvalue weighted by Crippen LogP contribution is -2.39. The Balaban J connectivity index is 3.94. The van der Waals surface area contributed by atoms with Gasteiger partial charge in [-0.05, 0) is 6.42 Å². The van der Waals surface area contributed by atoms with Gasteiger partial charge in [0.1, 0.15) is 0 Å². The van der Waals surface area contributed by atoms with Gasteiger partial charge in [0.05, 0.1) is 6.04 Å². The van der Waals surface area contributed by atoms with Crippen LogP contribution in [-0.4, -0.2) is 25.5 Å². The molecule has 0 fully saturated rings. The maximum absolute atomic E-state index is 11.5. The Morgan fingerprint density at radius 3 is 2.33 bits per heavy atom. The second kappa shape index (κ2) is 4.58. The Morgan fingerprint density at radius 1 is 1.50 bits per heavy atom. The van der Waals surface area contributed by atoms with Crippen LogP contribution in [-0.2, 0) is 9.53 Å². The van der Waals surface area contributed by atoms with E-state index in [1.165, 1.54) is 0 Å². The summed E-state index contributed by atoms with van der Waals surface area (Å²) in [6, 6.07) is -0.384.